The van der Waals surface area contributed by atoms with Gasteiger partial charge in [0.05, 0.1) is 5.69 Å². The van der Waals surface area contributed by atoms with Gasteiger partial charge in [0.15, 0.2) is 0 Å². The highest BCUT2D eigenvalue weighted by atomic mass is 79.9. The maximum absolute atomic E-state index is 11.7. The molecular weight excluding hydrogens is 274 g/mol. The Balaban J connectivity index is 2.30. The number of nitrogens with two attached hydrogens (primary N) is 1. The zero-order chi connectivity index (χ0) is 11.7. The molecule has 1 aromatic rings. The molecule has 1 fully saturated rings. The molecule has 0 radical (unpaired) electrons. The number of hydrogen-bond acceptors (Lipinski definition) is 4. The molecule has 2 rings (SSSR count). The summed E-state index contributed by atoms with van der Waals surface area (Å²) < 4.78 is 0.775. The van der Waals surface area contributed by atoms with Crippen LogP contribution in [0.4, 0.5) is 11.5 Å². The molecule has 1 saturated heterocycles. The van der Waals surface area contributed by atoms with Gasteiger partial charge in [-0.15, -0.1) is 0 Å². The normalized spacial score (nSPS) is 20.5. The van der Waals surface area contributed by atoms with Crippen LogP contribution >= 0.6 is 15.9 Å². The van der Waals surface area contributed by atoms with Gasteiger partial charge in [0, 0.05) is 36.2 Å². The molecule has 0 aromatic carbocycles. The van der Waals surface area contributed by atoms with Crippen LogP contribution in [-0.2, 0) is 4.79 Å². The average Bonchev–Trinajstić information content (AvgIpc) is 2.63. The second-order valence-electron chi connectivity index (χ2n) is 3.81. The third kappa shape index (κ3) is 2.03. The Morgan fingerprint density at radius 2 is 2.44 bits per heavy atom. The molecular formula is C10H12BrN3O2. The number of nitrogens with zero attached hydrogens (tertiary/aromatic N) is 2. The van der Waals surface area contributed by atoms with Crippen molar-refractivity contribution in [1.29, 1.82) is 0 Å². The maximum Gasteiger partial charge on any atom is 0.227 e. The van der Waals surface area contributed by atoms with Crippen LogP contribution in [0.2, 0.25) is 0 Å². The molecule has 0 saturated carbocycles. The zero-order valence-corrected chi connectivity index (χ0v) is 10.1. The molecule has 0 aliphatic carbocycles. The molecule has 6 heteroatoms. The van der Waals surface area contributed by atoms with E-state index in [4.69, 9.17) is 10.8 Å². The number of aliphatic hydroxyl groups is 1. The van der Waals surface area contributed by atoms with Gasteiger partial charge in [-0.3, -0.25) is 4.79 Å². The highest BCUT2D eigenvalue weighted by Crippen LogP contribution is 2.30. The first-order chi connectivity index (χ1) is 7.61. The maximum atomic E-state index is 11.7. The number of carbonyl (C=O) groups is 1. The van der Waals surface area contributed by atoms with Crippen molar-refractivity contribution in [3.63, 3.8) is 0 Å². The zero-order valence-electron chi connectivity index (χ0n) is 8.56. The lowest BCUT2D eigenvalue weighted by atomic mass is 10.1. The van der Waals surface area contributed by atoms with Crippen molar-refractivity contribution in [2.45, 2.75) is 6.42 Å². The van der Waals surface area contributed by atoms with Crippen LogP contribution < -0.4 is 10.6 Å². The van der Waals surface area contributed by atoms with E-state index in [1.165, 1.54) is 0 Å². The highest BCUT2D eigenvalue weighted by Gasteiger charge is 2.31. The van der Waals surface area contributed by atoms with Crippen LogP contribution in [0.3, 0.4) is 0 Å². The van der Waals surface area contributed by atoms with Gasteiger partial charge in [0.25, 0.3) is 0 Å². The Morgan fingerprint density at radius 3 is 3.06 bits per heavy atom. The Hall–Kier alpha value is -1.14. The van der Waals surface area contributed by atoms with Crippen LogP contribution in [0.25, 0.3) is 0 Å². The van der Waals surface area contributed by atoms with Crippen LogP contribution in [0, 0.1) is 5.92 Å². The fraction of sp³-hybridized carbons (Fsp3) is 0.400. The molecule has 1 aromatic heterocycles. The highest BCUT2D eigenvalue weighted by molar-refractivity contribution is 9.10. The summed E-state index contributed by atoms with van der Waals surface area (Å²) in [6.07, 6.45) is 1.95. The predicted octanol–water partition coefficient (Wildman–Crippen LogP) is 0.772. The first-order valence-corrected chi connectivity index (χ1v) is 5.73. The molecule has 16 heavy (non-hydrogen) atoms. The van der Waals surface area contributed by atoms with E-state index in [0.29, 0.717) is 24.5 Å². The number of rotatable bonds is 2. The number of aliphatic hydroxyl groups excluding tert-OH is 1. The van der Waals surface area contributed by atoms with Crippen molar-refractivity contribution in [2.75, 3.05) is 23.8 Å². The summed E-state index contributed by atoms with van der Waals surface area (Å²) in [5, 5.41) is 9.04. The van der Waals surface area contributed by atoms with E-state index in [-0.39, 0.29) is 18.4 Å². The van der Waals surface area contributed by atoms with E-state index >= 15 is 0 Å². The molecule has 1 aliphatic heterocycles. The average molecular weight is 286 g/mol. The number of aromatic nitrogens is 1. The molecule has 86 valence electrons. The van der Waals surface area contributed by atoms with E-state index in [1.54, 1.807) is 17.2 Å². The molecule has 1 unspecified atom stereocenters. The van der Waals surface area contributed by atoms with Crippen molar-refractivity contribution in [2.24, 2.45) is 5.92 Å². The third-order valence-corrected chi connectivity index (χ3v) is 3.05. The SMILES string of the molecule is Nc1ncc(Br)cc1N1CC(CO)CC1=O. The molecule has 1 amide bonds. The lowest BCUT2D eigenvalue weighted by Gasteiger charge is -2.17. The first kappa shape index (κ1) is 11.3. The van der Waals surface area contributed by atoms with Crippen LogP contribution in [0.5, 0.6) is 0 Å². The fourth-order valence-corrected chi connectivity index (χ4v) is 2.11. The number of amides is 1. The van der Waals surface area contributed by atoms with Crippen LogP contribution in [0.1, 0.15) is 6.42 Å². The first-order valence-electron chi connectivity index (χ1n) is 4.94. The second kappa shape index (κ2) is 4.39. The molecule has 5 nitrogen and oxygen atoms in total. The number of nitrogen functional groups attached to an aromatic ring is 1. The summed E-state index contributed by atoms with van der Waals surface area (Å²) in [5.41, 5.74) is 6.34. The minimum absolute atomic E-state index is 0.00844. The minimum Gasteiger partial charge on any atom is -0.396 e. The molecule has 0 bridgehead atoms. The smallest absolute Gasteiger partial charge is 0.227 e. The quantitative estimate of drug-likeness (QED) is 0.841. The van der Waals surface area contributed by atoms with E-state index < -0.39 is 0 Å². The monoisotopic (exact) mass is 285 g/mol. The molecule has 2 heterocycles. The van der Waals surface area contributed by atoms with Gasteiger partial charge in [-0.05, 0) is 22.0 Å². The van der Waals surface area contributed by atoms with Gasteiger partial charge in [-0.1, -0.05) is 0 Å². The number of hydrogen-bond donors (Lipinski definition) is 2. The van der Waals surface area contributed by atoms with Gasteiger partial charge in [0.1, 0.15) is 5.82 Å². The Morgan fingerprint density at radius 1 is 1.69 bits per heavy atom. The number of halogens is 1. The summed E-state index contributed by atoms with van der Waals surface area (Å²) in [4.78, 5) is 17.3. The van der Waals surface area contributed by atoms with Gasteiger partial charge in [0.2, 0.25) is 5.91 Å². The van der Waals surface area contributed by atoms with Gasteiger partial charge < -0.3 is 15.7 Å². The number of pyridine rings is 1. The van der Waals surface area contributed by atoms with E-state index in [1.807, 2.05) is 0 Å². The van der Waals surface area contributed by atoms with Crippen molar-refractivity contribution in [1.82, 2.24) is 4.98 Å². The van der Waals surface area contributed by atoms with Crippen molar-refractivity contribution in [3.8, 4) is 0 Å². The topological polar surface area (TPSA) is 79.4 Å². The van der Waals surface area contributed by atoms with Crippen molar-refractivity contribution >= 4 is 33.3 Å². The van der Waals surface area contributed by atoms with Gasteiger partial charge >= 0.3 is 0 Å². The lowest BCUT2D eigenvalue weighted by molar-refractivity contribution is -0.117. The standard InChI is InChI=1S/C10H12BrN3O2/c11-7-2-8(10(12)13-3-7)14-4-6(5-15)1-9(14)16/h2-3,6,15H,1,4-5H2,(H2,12,13). The summed E-state index contributed by atoms with van der Waals surface area (Å²) in [7, 11) is 0. The summed E-state index contributed by atoms with van der Waals surface area (Å²) in [6, 6.07) is 1.76. The Labute approximate surface area is 101 Å². The lowest BCUT2D eigenvalue weighted by Crippen LogP contribution is -2.26. The van der Waals surface area contributed by atoms with Crippen molar-refractivity contribution in [3.05, 3.63) is 16.7 Å². The van der Waals surface area contributed by atoms with Crippen LogP contribution in [-0.4, -0.2) is 29.1 Å². The largest absolute Gasteiger partial charge is 0.396 e. The minimum atomic E-state index is -0.0225. The second-order valence-corrected chi connectivity index (χ2v) is 4.73. The summed E-state index contributed by atoms with van der Waals surface area (Å²) in [6.45, 7) is 0.515. The molecule has 1 atom stereocenters. The molecule has 1 aliphatic rings. The van der Waals surface area contributed by atoms with Crippen LogP contribution in [0.15, 0.2) is 16.7 Å². The van der Waals surface area contributed by atoms with Gasteiger partial charge in [-0.25, -0.2) is 4.98 Å². The number of carbonyl (C=O) groups excluding carboxylic acids is 1. The van der Waals surface area contributed by atoms with Gasteiger partial charge in [-0.2, -0.15) is 0 Å². The summed E-state index contributed by atoms with van der Waals surface area (Å²) >= 11 is 3.29. The van der Waals surface area contributed by atoms with Crippen molar-refractivity contribution < 1.29 is 9.90 Å². The Kier molecular flexibility index (Phi) is 3.11. The molecule has 3 N–H and O–H groups in total. The molecule has 0 spiro atoms. The Bertz CT molecular complexity index is 425. The fourth-order valence-electron chi connectivity index (χ4n) is 1.79. The third-order valence-electron chi connectivity index (χ3n) is 2.62. The van der Waals surface area contributed by atoms with E-state index in [2.05, 4.69) is 20.9 Å². The summed E-state index contributed by atoms with van der Waals surface area (Å²) in [5.74, 6) is 0.298. The van der Waals surface area contributed by atoms with E-state index in [0.717, 1.165) is 4.47 Å². The number of anilines is 2. The van der Waals surface area contributed by atoms with E-state index in [9.17, 15) is 4.79 Å². The predicted molar refractivity (Wildman–Crippen MR) is 63.9 cm³/mol.